The number of rotatable bonds is 1. The summed E-state index contributed by atoms with van der Waals surface area (Å²) in [5.41, 5.74) is 0. The van der Waals surface area contributed by atoms with E-state index in [0.29, 0.717) is 23.9 Å². The first-order valence-corrected chi connectivity index (χ1v) is 5.39. The smallest absolute Gasteiger partial charge is 0.226 e. The molecule has 0 aromatic heterocycles. The summed E-state index contributed by atoms with van der Waals surface area (Å²) in [6.07, 6.45) is 4.72. The molecule has 2 heterocycles. The molecule has 0 aromatic carbocycles. The van der Waals surface area contributed by atoms with Crippen molar-refractivity contribution >= 4 is 18.3 Å². The second-order valence-corrected chi connectivity index (χ2v) is 4.56. The van der Waals surface area contributed by atoms with E-state index in [-0.39, 0.29) is 12.4 Å². The maximum absolute atomic E-state index is 11.9. The summed E-state index contributed by atoms with van der Waals surface area (Å²) in [5.74, 6) is 0.857. The number of fused-ring (bicyclic) bond motifs is 2. The third-order valence-corrected chi connectivity index (χ3v) is 3.56. The number of nitrogens with zero attached hydrogens (tertiary/aromatic N) is 1. The van der Waals surface area contributed by atoms with Gasteiger partial charge in [0.15, 0.2) is 0 Å². The van der Waals surface area contributed by atoms with Gasteiger partial charge in [0.05, 0.1) is 0 Å². The van der Waals surface area contributed by atoms with Crippen molar-refractivity contribution in [3.05, 3.63) is 0 Å². The van der Waals surface area contributed by atoms with E-state index in [9.17, 15) is 4.79 Å². The van der Waals surface area contributed by atoms with Gasteiger partial charge in [0.1, 0.15) is 0 Å². The summed E-state index contributed by atoms with van der Waals surface area (Å²) < 4.78 is 0. The number of hydrogen-bond acceptors (Lipinski definition) is 2. The highest BCUT2D eigenvalue weighted by Crippen LogP contribution is 2.36. The minimum atomic E-state index is 0. The quantitative estimate of drug-likeness (QED) is 0.703. The van der Waals surface area contributed by atoms with Crippen molar-refractivity contribution in [1.82, 2.24) is 10.2 Å². The van der Waals surface area contributed by atoms with Crippen LogP contribution in [0.5, 0.6) is 0 Å². The molecule has 1 saturated carbocycles. The largest absolute Gasteiger partial charge is 0.334 e. The summed E-state index contributed by atoms with van der Waals surface area (Å²) in [5, 5.41) is 3.40. The van der Waals surface area contributed by atoms with E-state index in [4.69, 9.17) is 0 Å². The van der Waals surface area contributed by atoms with Gasteiger partial charge >= 0.3 is 0 Å². The fraction of sp³-hybridized carbons (Fsp3) is 0.900. The average molecular weight is 217 g/mol. The van der Waals surface area contributed by atoms with Crippen molar-refractivity contribution in [2.75, 3.05) is 13.1 Å². The Morgan fingerprint density at radius 3 is 2.14 bits per heavy atom. The van der Waals surface area contributed by atoms with Crippen molar-refractivity contribution in [3.63, 3.8) is 0 Å². The molecule has 3 fully saturated rings. The van der Waals surface area contributed by atoms with Gasteiger partial charge in [-0.15, -0.1) is 12.4 Å². The molecule has 0 radical (unpaired) electrons. The Balaban J connectivity index is 0.000000750. The van der Waals surface area contributed by atoms with Crippen LogP contribution in [0.25, 0.3) is 0 Å². The van der Waals surface area contributed by atoms with Crippen LogP contribution < -0.4 is 5.32 Å². The fourth-order valence-corrected chi connectivity index (χ4v) is 2.68. The lowest BCUT2D eigenvalue weighted by atomic mass is 10.2. The van der Waals surface area contributed by atoms with Gasteiger partial charge in [-0.2, -0.15) is 0 Å². The zero-order valence-corrected chi connectivity index (χ0v) is 9.05. The number of halogens is 1. The monoisotopic (exact) mass is 216 g/mol. The van der Waals surface area contributed by atoms with E-state index in [1.54, 1.807) is 0 Å². The predicted octanol–water partition coefficient (Wildman–Crippen LogP) is 0.781. The van der Waals surface area contributed by atoms with Crippen LogP contribution in [0.15, 0.2) is 0 Å². The Morgan fingerprint density at radius 1 is 1.07 bits per heavy atom. The molecule has 2 bridgehead atoms. The maximum atomic E-state index is 11.9. The number of piperazine rings is 1. The van der Waals surface area contributed by atoms with Crippen LogP contribution in [-0.4, -0.2) is 36.0 Å². The molecule has 3 rings (SSSR count). The predicted molar refractivity (Wildman–Crippen MR) is 56.5 cm³/mol. The number of amides is 1. The van der Waals surface area contributed by atoms with Crippen molar-refractivity contribution in [3.8, 4) is 0 Å². The summed E-state index contributed by atoms with van der Waals surface area (Å²) in [4.78, 5) is 14.1. The molecular weight excluding hydrogens is 200 g/mol. The molecule has 2 aliphatic heterocycles. The molecule has 2 saturated heterocycles. The zero-order valence-electron chi connectivity index (χ0n) is 8.24. The molecule has 80 valence electrons. The SMILES string of the molecule is Cl.O=C(C1CC1)N1C2CCC1CNC2. The lowest BCUT2D eigenvalue weighted by Gasteiger charge is -2.35. The van der Waals surface area contributed by atoms with Gasteiger partial charge in [0.25, 0.3) is 0 Å². The van der Waals surface area contributed by atoms with Crippen LogP contribution in [0.3, 0.4) is 0 Å². The van der Waals surface area contributed by atoms with Crippen LogP contribution in [0.1, 0.15) is 25.7 Å². The van der Waals surface area contributed by atoms with Crippen molar-refractivity contribution < 1.29 is 4.79 Å². The summed E-state index contributed by atoms with van der Waals surface area (Å²) in [6.45, 7) is 2.05. The van der Waals surface area contributed by atoms with Gasteiger partial charge < -0.3 is 10.2 Å². The van der Waals surface area contributed by atoms with Crippen LogP contribution in [0, 0.1) is 5.92 Å². The molecule has 14 heavy (non-hydrogen) atoms. The standard InChI is InChI=1S/C10H16N2O.ClH/c13-10(7-1-2-7)12-8-3-4-9(12)6-11-5-8;/h7-9,11H,1-6H2;1H. The molecule has 1 amide bonds. The van der Waals surface area contributed by atoms with Crippen LogP contribution in [0.2, 0.25) is 0 Å². The second-order valence-electron chi connectivity index (χ2n) is 4.56. The Labute approximate surface area is 90.6 Å². The van der Waals surface area contributed by atoms with E-state index in [2.05, 4.69) is 10.2 Å². The van der Waals surface area contributed by atoms with Gasteiger partial charge in [0, 0.05) is 31.1 Å². The van der Waals surface area contributed by atoms with Crippen molar-refractivity contribution in [1.29, 1.82) is 0 Å². The molecule has 3 nitrogen and oxygen atoms in total. The molecule has 4 heteroatoms. The van der Waals surface area contributed by atoms with E-state index < -0.39 is 0 Å². The summed E-state index contributed by atoms with van der Waals surface area (Å²) >= 11 is 0. The topological polar surface area (TPSA) is 32.3 Å². The summed E-state index contributed by atoms with van der Waals surface area (Å²) in [6, 6.07) is 1.04. The van der Waals surface area contributed by atoms with Crippen LogP contribution in [-0.2, 0) is 4.79 Å². The highest BCUT2D eigenvalue weighted by molar-refractivity contribution is 5.85. The molecule has 2 atom stereocenters. The Kier molecular flexibility index (Phi) is 2.71. The molecule has 3 aliphatic rings. The fourth-order valence-electron chi connectivity index (χ4n) is 2.68. The first-order valence-electron chi connectivity index (χ1n) is 5.39. The van der Waals surface area contributed by atoms with Crippen LogP contribution in [0.4, 0.5) is 0 Å². The normalized spacial score (nSPS) is 35.3. The number of hydrogen-bond donors (Lipinski definition) is 1. The number of carbonyl (C=O) groups is 1. The number of nitrogens with one attached hydrogen (secondary N) is 1. The van der Waals surface area contributed by atoms with E-state index >= 15 is 0 Å². The molecule has 0 aromatic rings. The van der Waals surface area contributed by atoms with Crippen molar-refractivity contribution in [2.45, 2.75) is 37.8 Å². The average Bonchev–Trinajstić information content (AvgIpc) is 2.92. The molecule has 1 aliphatic carbocycles. The highest BCUT2D eigenvalue weighted by Gasteiger charge is 2.44. The zero-order chi connectivity index (χ0) is 8.84. The van der Waals surface area contributed by atoms with Crippen LogP contribution >= 0.6 is 12.4 Å². The van der Waals surface area contributed by atoms with Crippen molar-refractivity contribution in [2.24, 2.45) is 5.92 Å². The van der Waals surface area contributed by atoms with Gasteiger partial charge in [-0.25, -0.2) is 0 Å². The Hall–Kier alpha value is -0.280. The third kappa shape index (κ3) is 1.52. The Bertz CT molecular complexity index is 226. The first kappa shape index (κ1) is 10.2. The molecule has 2 unspecified atom stereocenters. The van der Waals surface area contributed by atoms with E-state index in [1.165, 1.54) is 12.8 Å². The summed E-state index contributed by atoms with van der Waals surface area (Å²) in [7, 11) is 0. The minimum Gasteiger partial charge on any atom is -0.334 e. The van der Waals surface area contributed by atoms with Gasteiger partial charge in [-0.3, -0.25) is 4.79 Å². The molecule has 0 spiro atoms. The van der Waals surface area contributed by atoms with Gasteiger partial charge in [0.2, 0.25) is 5.91 Å². The van der Waals surface area contributed by atoms with E-state index in [1.807, 2.05) is 0 Å². The maximum Gasteiger partial charge on any atom is 0.226 e. The van der Waals surface area contributed by atoms with Gasteiger partial charge in [-0.05, 0) is 25.7 Å². The second kappa shape index (κ2) is 3.70. The highest BCUT2D eigenvalue weighted by atomic mass is 35.5. The molecular formula is C10H17ClN2O. The first-order chi connectivity index (χ1) is 6.36. The number of carbonyl (C=O) groups excluding carboxylic acids is 1. The van der Waals surface area contributed by atoms with Gasteiger partial charge in [-0.1, -0.05) is 0 Å². The molecule has 1 N–H and O–H groups in total. The third-order valence-electron chi connectivity index (χ3n) is 3.56. The van der Waals surface area contributed by atoms with E-state index in [0.717, 1.165) is 25.9 Å². The lowest BCUT2D eigenvalue weighted by molar-refractivity contribution is -0.136. The lowest BCUT2D eigenvalue weighted by Crippen LogP contribution is -2.54. The Morgan fingerprint density at radius 2 is 1.64 bits per heavy atom. The minimum absolute atomic E-state index is 0.